The largest absolute Gasteiger partial charge is 0.325 e. The van der Waals surface area contributed by atoms with Crippen LogP contribution in [-0.2, 0) is 11.3 Å². The quantitative estimate of drug-likeness (QED) is 0.675. The summed E-state index contributed by atoms with van der Waals surface area (Å²) in [6, 6.07) is 9.27. The molecular formula is C14H10IN3O2S. The third-order valence-electron chi connectivity index (χ3n) is 2.86. The van der Waals surface area contributed by atoms with Crippen molar-refractivity contribution >= 4 is 55.7 Å². The molecule has 1 aromatic carbocycles. The maximum Gasteiger partial charge on any atom is 0.271 e. The number of benzene rings is 1. The van der Waals surface area contributed by atoms with Crippen molar-refractivity contribution in [1.82, 2.24) is 9.55 Å². The van der Waals surface area contributed by atoms with Crippen molar-refractivity contribution in [2.24, 2.45) is 0 Å². The molecule has 3 aromatic rings. The Morgan fingerprint density at radius 1 is 1.38 bits per heavy atom. The number of halogens is 1. The van der Waals surface area contributed by atoms with Crippen LogP contribution in [0.15, 0.2) is 46.8 Å². The first-order chi connectivity index (χ1) is 10.1. The Morgan fingerprint density at radius 2 is 2.24 bits per heavy atom. The Bertz CT molecular complexity index is 872. The molecule has 2 aromatic heterocycles. The topological polar surface area (TPSA) is 64.0 Å². The minimum atomic E-state index is -0.253. The SMILES string of the molecule is O=C(Cn1cnc2ccsc2c1=O)Nc1cccc(I)c1. The normalized spacial score (nSPS) is 10.7. The number of carbonyl (C=O) groups excluding carboxylic acids is 1. The number of hydrogen-bond acceptors (Lipinski definition) is 4. The van der Waals surface area contributed by atoms with Crippen LogP contribution in [0.3, 0.4) is 0 Å². The highest BCUT2D eigenvalue weighted by molar-refractivity contribution is 14.1. The highest BCUT2D eigenvalue weighted by Gasteiger charge is 2.09. The van der Waals surface area contributed by atoms with Gasteiger partial charge in [-0.15, -0.1) is 11.3 Å². The van der Waals surface area contributed by atoms with Gasteiger partial charge in [-0.2, -0.15) is 0 Å². The van der Waals surface area contributed by atoms with Gasteiger partial charge in [-0.1, -0.05) is 6.07 Å². The van der Waals surface area contributed by atoms with E-state index < -0.39 is 0 Å². The summed E-state index contributed by atoms with van der Waals surface area (Å²) in [6.45, 7) is -0.0504. The van der Waals surface area contributed by atoms with Gasteiger partial charge in [-0.05, 0) is 52.2 Å². The van der Waals surface area contributed by atoms with Gasteiger partial charge < -0.3 is 5.32 Å². The van der Waals surface area contributed by atoms with Crippen LogP contribution < -0.4 is 10.9 Å². The monoisotopic (exact) mass is 411 g/mol. The number of aromatic nitrogens is 2. The molecule has 0 bridgehead atoms. The van der Waals surface area contributed by atoms with Crippen LogP contribution >= 0.6 is 33.9 Å². The Morgan fingerprint density at radius 3 is 3.05 bits per heavy atom. The number of nitrogens with zero attached hydrogens (tertiary/aromatic N) is 2. The highest BCUT2D eigenvalue weighted by Crippen LogP contribution is 2.14. The predicted molar refractivity (Wildman–Crippen MR) is 91.7 cm³/mol. The first-order valence-electron chi connectivity index (χ1n) is 6.11. The van der Waals surface area contributed by atoms with Crippen LogP contribution in [0, 0.1) is 3.57 Å². The lowest BCUT2D eigenvalue weighted by Gasteiger charge is -2.07. The Balaban J connectivity index is 1.80. The third-order valence-corrected chi connectivity index (χ3v) is 4.42. The van der Waals surface area contributed by atoms with Crippen molar-refractivity contribution in [3.05, 3.63) is 56.0 Å². The molecule has 0 radical (unpaired) electrons. The summed E-state index contributed by atoms with van der Waals surface area (Å²) in [5, 5.41) is 4.59. The number of thiophene rings is 1. The summed E-state index contributed by atoms with van der Waals surface area (Å²) in [5.41, 5.74) is 1.19. The van der Waals surface area contributed by atoms with Gasteiger partial charge in [0.05, 0.1) is 11.8 Å². The molecule has 1 amide bonds. The van der Waals surface area contributed by atoms with E-state index in [9.17, 15) is 9.59 Å². The molecule has 2 heterocycles. The molecule has 0 fully saturated rings. The fourth-order valence-corrected chi connectivity index (χ4v) is 3.25. The highest BCUT2D eigenvalue weighted by atomic mass is 127. The molecule has 0 aliphatic heterocycles. The molecule has 0 spiro atoms. The molecule has 1 N–H and O–H groups in total. The molecule has 21 heavy (non-hydrogen) atoms. The van der Waals surface area contributed by atoms with E-state index >= 15 is 0 Å². The Labute approximate surface area is 137 Å². The molecule has 0 aliphatic rings. The zero-order chi connectivity index (χ0) is 14.8. The number of nitrogens with one attached hydrogen (secondary N) is 1. The first kappa shape index (κ1) is 14.2. The summed E-state index contributed by atoms with van der Waals surface area (Å²) in [7, 11) is 0. The Hall–Kier alpha value is -1.74. The molecule has 3 rings (SSSR count). The fourth-order valence-electron chi connectivity index (χ4n) is 1.91. The van der Waals surface area contributed by atoms with Crippen molar-refractivity contribution < 1.29 is 4.79 Å². The molecule has 5 nitrogen and oxygen atoms in total. The third kappa shape index (κ3) is 3.13. The zero-order valence-corrected chi connectivity index (χ0v) is 13.7. The summed E-state index contributed by atoms with van der Waals surface area (Å²) < 4.78 is 2.92. The lowest BCUT2D eigenvalue weighted by atomic mass is 10.3. The van der Waals surface area contributed by atoms with Crippen LogP contribution in [-0.4, -0.2) is 15.5 Å². The van der Waals surface area contributed by atoms with E-state index in [1.54, 1.807) is 6.07 Å². The zero-order valence-electron chi connectivity index (χ0n) is 10.7. The smallest absolute Gasteiger partial charge is 0.271 e. The standard InChI is InChI=1S/C14H10IN3O2S/c15-9-2-1-3-10(6-9)17-12(19)7-18-8-16-11-4-5-21-13(11)14(18)20/h1-6,8H,7H2,(H,17,19). The molecule has 106 valence electrons. The second-order valence-corrected chi connectivity index (χ2v) is 6.53. The lowest BCUT2D eigenvalue weighted by molar-refractivity contribution is -0.116. The van der Waals surface area contributed by atoms with Gasteiger partial charge in [0.25, 0.3) is 5.56 Å². The van der Waals surface area contributed by atoms with Crippen molar-refractivity contribution in [3.63, 3.8) is 0 Å². The van der Waals surface area contributed by atoms with Gasteiger partial charge in [0, 0.05) is 9.26 Å². The fraction of sp³-hybridized carbons (Fsp3) is 0.0714. The second kappa shape index (κ2) is 5.94. The van der Waals surface area contributed by atoms with Crippen molar-refractivity contribution in [2.45, 2.75) is 6.54 Å². The molecule has 0 saturated carbocycles. The maximum absolute atomic E-state index is 12.2. The second-order valence-electron chi connectivity index (χ2n) is 4.37. The lowest BCUT2D eigenvalue weighted by Crippen LogP contribution is -2.27. The van der Waals surface area contributed by atoms with Gasteiger partial charge in [0.2, 0.25) is 5.91 Å². The van der Waals surface area contributed by atoms with Crippen LogP contribution in [0.2, 0.25) is 0 Å². The number of anilines is 1. The van der Waals surface area contributed by atoms with E-state index in [4.69, 9.17) is 0 Å². The number of fused-ring (bicyclic) bond motifs is 1. The molecule has 0 aliphatic carbocycles. The minimum Gasteiger partial charge on any atom is -0.325 e. The average Bonchev–Trinajstić information content (AvgIpc) is 2.91. The van der Waals surface area contributed by atoms with Gasteiger partial charge in [-0.3, -0.25) is 14.2 Å². The van der Waals surface area contributed by atoms with E-state index in [1.807, 2.05) is 29.6 Å². The minimum absolute atomic E-state index is 0.0504. The summed E-state index contributed by atoms with van der Waals surface area (Å²) >= 11 is 3.51. The summed E-state index contributed by atoms with van der Waals surface area (Å²) in [5.74, 6) is -0.253. The van der Waals surface area contributed by atoms with Crippen LogP contribution in [0.1, 0.15) is 0 Å². The molecule has 0 unspecified atom stereocenters. The summed E-state index contributed by atoms with van der Waals surface area (Å²) in [6.07, 6.45) is 1.41. The van der Waals surface area contributed by atoms with Crippen LogP contribution in [0.25, 0.3) is 10.2 Å². The van der Waals surface area contributed by atoms with Crippen molar-refractivity contribution in [2.75, 3.05) is 5.32 Å². The first-order valence-corrected chi connectivity index (χ1v) is 8.07. The number of rotatable bonds is 3. The van der Waals surface area contributed by atoms with E-state index in [1.165, 1.54) is 22.2 Å². The van der Waals surface area contributed by atoms with E-state index in [0.29, 0.717) is 15.9 Å². The molecule has 0 atom stereocenters. The van der Waals surface area contributed by atoms with Crippen molar-refractivity contribution in [1.29, 1.82) is 0 Å². The number of amides is 1. The van der Waals surface area contributed by atoms with Crippen LogP contribution in [0.4, 0.5) is 5.69 Å². The number of carbonyl (C=O) groups is 1. The number of hydrogen-bond donors (Lipinski definition) is 1. The van der Waals surface area contributed by atoms with Gasteiger partial charge >= 0.3 is 0 Å². The van der Waals surface area contributed by atoms with Crippen molar-refractivity contribution in [3.8, 4) is 0 Å². The average molecular weight is 411 g/mol. The van der Waals surface area contributed by atoms with Crippen LogP contribution in [0.5, 0.6) is 0 Å². The van der Waals surface area contributed by atoms with E-state index in [-0.39, 0.29) is 18.0 Å². The van der Waals surface area contributed by atoms with E-state index in [0.717, 1.165) is 3.57 Å². The molecule has 7 heteroatoms. The van der Waals surface area contributed by atoms with Gasteiger partial charge in [-0.25, -0.2) is 4.98 Å². The van der Waals surface area contributed by atoms with Gasteiger partial charge in [0.15, 0.2) is 0 Å². The molecular weight excluding hydrogens is 401 g/mol. The van der Waals surface area contributed by atoms with E-state index in [2.05, 4.69) is 32.9 Å². The Kier molecular flexibility index (Phi) is 4.02. The van der Waals surface area contributed by atoms with Gasteiger partial charge in [0.1, 0.15) is 11.2 Å². The predicted octanol–water partition coefficient (Wildman–Crippen LogP) is 2.70. The molecule has 0 saturated heterocycles. The maximum atomic E-state index is 12.2. The summed E-state index contributed by atoms with van der Waals surface area (Å²) in [4.78, 5) is 28.4.